The van der Waals surface area contributed by atoms with Gasteiger partial charge in [-0.25, -0.2) is 0 Å². The minimum atomic E-state index is 0.412. The van der Waals surface area contributed by atoms with Crippen molar-refractivity contribution >= 4 is 27.5 Å². The van der Waals surface area contributed by atoms with Crippen molar-refractivity contribution in [1.82, 2.24) is 9.78 Å². The Labute approximate surface area is 134 Å². The summed E-state index contributed by atoms with van der Waals surface area (Å²) in [5, 5.41) is 6.23. The molecule has 0 saturated carbocycles. The van der Waals surface area contributed by atoms with Crippen molar-refractivity contribution in [3.63, 3.8) is 0 Å². The highest BCUT2D eigenvalue weighted by Crippen LogP contribution is 2.30. The normalized spacial score (nSPS) is 12.7. The maximum absolute atomic E-state index is 6.42. The fraction of sp³-hybridized carbons (Fsp3) is 0.438. The summed E-state index contributed by atoms with van der Waals surface area (Å²) < 4.78 is 2.02. The van der Waals surface area contributed by atoms with Crippen LogP contribution >= 0.6 is 27.5 Å². The number of alkyl halides is 1. The minimum absolute atomic E-state index is 0.412. The molecular formula is C16H20BrClN2. The molecule has 0 spiro atoms. The van der Waals surface area contributed by atoms with Gasteiger partial charge in [-0.05, 0) is 44.2 Å². The topological polar surface area (TPSA) is 17.8 Å². The standard InChI is InChI=1S/C16H20BrClN2/c1-4-20-15(16(18)12(3)19-20)9-13(10-17)14-8-6-5-7-11(14)2/h5-8,13H,4,9-10H2,1-3H3. The first-order valence-electron chi connectivity index (χ1n) is 6.91. The maximum Gasteiger partial charge on any atom is 0.0847 e. The zero-order valence-corrected chi connectivity index (χ0v) is 14.5. The quantitative estimate of drug-likeness (QED) is 0.698. The summed E-state index contributed by atoms with van der Waals surface area (Å²) in [5.74, 6) is 0.412. The molecule has 1 heterocycles. The van der Waals surface area contributed by atoms with Gasteiger partial charge >= 0.3 is 0 Å². The predicted octanol–water partition coefficient (Wildman–Crippen LogP) is 4.89. The van der Waals surface area contributed by atoms with Crippen LogP contribution in [0.2, 0.25) is 5.02 Å². The third-order valence-corrected chi connectivity index (χ3v) is 4.98. The number of rotatable bonds is 5. The van der Waals surface area contributed by atoms with Crippen molar-refractivity contribution in [2.75, 3.05) is 5.33 Å². The number of benzene rings is 1. The highest BCUT2D eigenvalue weighted by atomic mass is 79.9. The molecule has 0 bridgehead atoms. The number of aryl methyl sites for hydroxylation is 3. The van der Waals surface area contributed by atoms with Crippen LogP contribution in [-0.4, -0.2) is 15.1 Å². The van der Waals surface area contributed by atoms with E-state index in [-0.39, 0.29) is 0 Å². The molecule has 0 amide bonds. The van der Waals surface area contributed by atoms with Gasteiger partial charge in [-0.15, -0.1) is 0 Å². The van der Waals surface area contributed by atoms with E-state index in [1.807, 2.05) is 11.6 Å². The summed E-state index contributed by atoms with van der Waals surface area (Å²) in [7, 11) is 0. The summed E-state index contributed by atoms with van der Waals surface area (Å²) in [6, 6.07) is 8.54. The largest absolute Gasteiger partial charge is 0.268 e. The number of hydrogen-bond donors (Lipinski definition) is 0. The lowest BCUT2D eigenvalue weighted by atomic mass is 9.92. The molecule has 1 aromatic heterocycles. The Bertz CT molecular complexity index is 592. The van der Waals surface area contributed by atoms with Gasteiger partial charge in [0.25, 0.3) is 0 Å². The Morgan fingerprint density at radius 1 is 1.30 bits per heavy atom. The van der Waals surface area contributed by atoms with E-state index < -0.39 is 0 Å². The predicted molar refractivity (Wildman–Crippen MR) is 89.1 cm³/mol. The van der Waals surface area contributed by atoms with Crippen molar-refractivity contribution in [3.8, 4) is 0 Å². The fourth-order valence-electron chi connectivity index (χ4n) is 2.59. The zero-order valence-electron chi connectivity index (χ0n) is 12.2. The van der Waals surface area contributed by atoms with Crippen LogP contribution in [0.1, 0.15) is 35.4 Å². The van der Waals surface area contributed by atoms with Crippen LogP contribution in [0.25, 0.3) is 0 Å². The maximum atomic E-state index is 6.42. The monoisotopic (exact) mass is 354 g/mol. The summed E-state index contributed by atoms with van der Waals surface area (Å²) in [6.07, 6.45) is 0.906. The first-order chi connectivity index (χ1) is 9.58. The third-order valence-electron chi connectivity index (χ3n) is 3.71. The Morgan fingerprint density at radius 2 is 2.00 bits per heavy atom. The molecule has 1 atom stereocenters. The van der Waals surface area contributed by atoms with Crippen molar-refractivity contribution in [2.45, 2.75) is 39.7 Å². The summed E-state index contributed by atoms with van der Waals surface area (Å²) in [4.78, 5) is 0. The van der Waals surface area contributed by atoms with E-state index in [0.717, 1.165) is 34.7 Å². The average Bonchev–Trinajstić information content (AvgIpc) is 2.73. The van der Waals surface area contributed by atoms with E-state index in [1.54, 1.807) is 0 Å². The second kappa shape index (κ2) is 6.77. The average molecular weight is 356 g/mol. The van der Waals surface area contributed by atoms with Crippen molar-refractivity contribution in [2.24, 2.45) is 0 Å². The Hall–Kier alpha value is -0.800. The summed E-state index contributed by atoms with van der Waals surface area (Å²) in [5.41, 5.74) is 4.76. The van der Waals surface area contributed by atoms with Crippen LogP contribution in [0.5, 0.6) is 0 Å². The highest BCUT2D eigenvalue weighted by Gasteiger charge is 2.19. The molecule has 20 heavy (non-hydrogen) atoms. The van der Waals surface area contributed by atoms with E-state index in [2.05, 4.69) is 59.1 Å². The Kier molecular flexibility index (Phi) is 5.28. The molecule has 0 saturated heterocycles. The molecule has 0 radical (unpaired) electrons. The molecular weight excluding hydrogens is 336 g/mol. The number of halogens is 2. The number of hydrogen-bond acceptors (Lipinski definition) is 1. The number of nitrogens with zero attached hydrogens (tertiary/aromatic N) is 2. The molecule has 0 aliphatic carbocycles. The van der Waals surface area contributed by atoms with Gasteiger partial charge in [0.2, 0.25) is 0 Å². The van der Waals surface area contributed by atoms with Crippen molar-refractivity contribution in [1.29, 1.82) is 0 Å². The smallest absolute Gasteiger partial charge is 0.0847 e. The van der Waals surface area contributed by atoms with Crippen LogP contribution in [0, 0.1) is 13.8 Å². The van der Waals surface area contributed by atoms with E-state index in [4.69, 9.17) is 11.6 Å². The lowest BCUT2D eigenvalue weighted by Gasteiger charge is -2.18. The van der Waals surface area contributed by atoms with E-state index in [1.165, 1.54) is 11.1 Å². The van der Waals surface area contributed by atoms with Gasteiger partial charge in [0, 0.05) is 11.9 Å². The van der Waals surface area contributed by atoms with Gasteiger partial charge in [-0.3, -0.25) is 4.68 Å². The van der Waals surface area contributed by atoms with Crippen LogP contribution < -0.4 is 0 Å². The van der Waals surface area contributed by atoms with Crippen LogP contribution in [0.15, 0.2) is 24.3 Å². The van der Waals surface area contributed by atoms with E-state index in [9.17, 15) is 0 Å². The van der Waals surface area contributed by atoms with Gasteiger partial charge < -0.3 is 0 Å². The molecule has 0 N–H and O–H groups in total. The Morgan fingerprint density at radius 3 is 2.60 bits per heavy atom. The van der Waals surface area contributed by atoms with Crippen molar-refractivity contribution in [3.05, 3.63) is 51.8 Å². The van der Waals surface area contributed by atoms with E-state index in [0.29, 0.717) is 5.92 Å². The summed E-state index contributed by atoms with van der Waals surface area (Å²) >= 11 is 10.1. The molecule has 2 rings (SSSR count). The lowest BCUT2D eigenvalue weighted by molar-refractivity contribution is 0.596. The molecule has 1 aromatic carbocycles. The van der Waals surface area contributed by atoms with Gasteiger partial charge in [0.15, 0.2) is 0 Å². The molecule has 2 nitrogen and oxygen atoms in total. The van der Waals surface area contributed by atoms with Crippen LogP contribution in [0.3, 0.4) is 0 Å². The van der Waals surface area contributed by atoms with Gasteiger partial charge in [-0.1, -0.05) is 51.8 Å². The van der Waals surface area contributed by atoms with Gasteiger partial charge in [-0.2, -0.15) is 5.10 Å². The second-order valence-corrected chi connectivity index (χ2v) is 6.10. The Balaban J connectivity index is 2.34. The molecule has 4 heteroatoms. The van der Waals surface area contributed by atoms with Crippen LogP contribution in [0.4, 0.5) is 0 Å². The fourth-order valence-corrected chi connectivity index (χ4v) is 3.38. The van der Waals surface area contributed by atoms with Gasteiger partial charge in [0.05, 0.1) is 16.4 Å². The molecule has 0 aliphatic rings. The number of aromatic nitrogens is 2. The van der Waals surface area contributed by atoms with E-state index >= 15 is 0 Å². The zero-order chi connectivity index (χ0) is 14.7. The van der Waals surface area contributed by atoms with Gasteiger partial charge in [0.1, 0.15) is 0 Å². The molecule has 108 valence electrons. The highest BCUT2D eigenvalue weighted by molar-refractivity contribution is 9.09. The van der Waals surface area contributed by atoms with Crippen molar-refractivity contribution < 1.29 is 0 Å². The third kappa shape index (κ3) is 3.09. The SMILES string of the molecule is CCn1nc(C)c(Cl)c1CC(CBr)c1ccccc1C. The minimum Gasteiger partial charge on any atom is -0.268 e. The first-order valence-corrected chi connectivity index (χ1v) is 8.41. The second-order valence-electron chi connectivity index (χ2n) is 5.07. The molecule has 0 fully saturated rings. The molecule has 1 unspecified atom stereocenters. The van der Waals surface area contributed by atoms with Crippen LogP contribution in [-0.2, 0) is 13.0 Å². The lowest BCUT2D eigenvalue weighted by Crippen LogP contribution is -2.11. The molecule has 0 aliphatic heterocycles. The molecule has 2 aromatic rings. The summed E-state index contributed by atoms with van der Waals surface area (Å²) in [6.45, 7) is 7.08. The first kappa shape index (κ1) is 15.6.